The molecule has 0 fully saturated rings. The van der Waals surface area contributed by atoms with E-state index in [9.17, 15) is 0 Å². The molecule has 0 spiro atoms. The molecular formula is C10H24OSi4. The van der Waals surface area contributed by atoms with Crippen molar-refractivity contribution in [1.29, 1.82) is 0 Å². The minimum atomic E-state index is 0.300. The van der Waals surface area contributed by atoms with E-state index in [2.05, 4.69) is 37.3 Å². The van der Waals surface area contributed by atoms with Gasteiger partial charge in [-0.1, -0.05) is 48.9 Å². The molecule has 1 nitrogen and oxygen atoms in total. The van der Waals surface area contributed by atoms with E-state index in [0.29, 0.717) is 17.6 Å². The lowest BCUT2D eigenvalue weighted by Gasteiger charge is -1.92. The Morgan fingerprint density at radius 3 is 2.33 bits per heavy atom. The van der Waals surface area contributed by atoms with Gasteiger partial charge in [-0.25, -0.2) is 0 Å². The van der Waals surface area contributed by atoms with Crippen molar-refractivity contribution < 1.29 is 4.43 Å². The predicted molar refractivity (Wildman–Crippen MR) is 83.9 cm³/mol. The molecule has 0 aromatic heterocycles. The lowest BCUT2D eigenvalue weighted by atomic mass is 10.4. The van der Waals surface area contributed by atoms with Gasteiger partial charge in [0.25, 0.3) is 0 Å². The van der Waals surface area contributed by atoms with E-state index in [-0.39, 0.29) is 0 Å². The summed E-state index contributed by atoms with van der Waals surface area (Å²) >= 11 is 0. The SMILES string of the molecule is CCCCO[SiH3].[SiH3][SiH2][SiH2]c1ccccc1. The molecule has 0 saturated carbocycles. The van der Waals surface area contributed by atoms with Crippen LogP contribution in [0.5, 0.6) is 0 Å². The topological polar surface area (TPSA) is 9.23 Å². The van der Waals surface area contributed by atoms with Crippen molar-refractivity contribution in [1.82, 2.24) is 0 Å². The van der Waals surface area contributed by atoms with E-state index in [0.717, 1.165) is 17.1 Å². The molecule has 0 aliphatic rings. The number of benzene rings is 1. The molecule has 0 atom stereocenters. The number of hydrogen-bond donors (Lipinski definition) is 0. The molecule has 15 heavy (non-hydrogen) atoms. The first kappa shape index (κ1) is 15.0. The zero-order valence-corrected chi connectivity index (χ0v) is 17.2. The lowest BCUT2D eigenvalue weighted by Crippen LogP contribution is -2.19. The van der Waals surface area contributed by atoms with Crippen LogP contribution in [0.3, 0.4) is 0 Å². The second kappa shape index (κ2) is 12.1. The largest absolute Gasteiger partial charge is 0.428 e. The first-order valence-corrected chi connectivity index (χ1v) is 17.1. The summed E-state index contributed by atoms with van der Waals surface area (Å²) < 4.78 is 4.92. The molecule has 1 rings (SSSR count). The second-order valence-corrected chi connectivity index (χ2v) is 20.0. The van der Waals surface area contributed by atoms with E-state index < -0.39 is 0 Å². The van der Waals surface area contributed by atoms with E-state index in [1.165, 1.54) is 22.6 Å². The molecule has 0 unspecified atom stereocenters. The van der Waals surface area contributed by atoms with E-state index in [4.69, 9.17) is 4.43 Å². The summed E-state index contributed by atoms with van der Waals surface area (Å²) in [4.78, 5) is 0. The number of hydrogen-bond acceptors (Lipinski definition) is 1. The van der Waals surface area contributed by atoms with Gasteiger partial charge in [0.2, 0.25) is 0 Å². The maximum Gasteiger partial charge on any atom is 0.145 e. The highest BCUT2D eigenvalue weighted by Crippen LogP contribution is 1.83. The van der Waals surface area contributed by atoms with Crippen LogP contribution < -0.4 is 5.19 Å². The Balaban J connectivity index is 0.000000288. The quantitative estimate of drug-likeness (QED) is 0.442. The van der Waals surface area contributed by atoms with Gasteiger partial charge in [0.05, 0.1) is 0 Å². The minimum Gasteiger partial charge on any atom is -0.428 e. The fourth-order valence-electron chi connectivity index (χ4n) is 1.22. The fraction of sp³-hybridized carbons (Fsp3) is 0.400. The summed E-state index contributed by atoms with van der Waals surface area (Å²) in [5.74, 6) is 0. The summed E-state index contributed by atoms with van der Waals surface area (Å²) in [7, 11) is 3.22. The summed E-state index contributed by atoms with van der Waals surface area (Å²) in [6.45, 7) is 3.14. The average molecular weight is 273 g/mol. The van der Waals surface area contributed by atoms with Gasteiger partial charge in [-0.05, 0) is 24.7 Å². The Kier molecular flexibility index (Phi) is 12.2. The van der Waals surface area contributed by atoms with Gasteiger partial charge in [-0.2, -0.15) is 0 Å². The molecule has 1 aromatic rings. The normalized spacial score (nSPS) is 11.3. The molecule has 0 aliphatic carbocycles. The Hall–Kier alpha value is 0.0475. The van der Waals surface area contributed by atoms with Crippen molar-refractivity contribution >= 4 is 43.0 Å². The van der Waals surface area contributed by atoms with Crippen molar-refractivity contribution in [3.05, 3.63) is 30.3 Å². The summed E-state index contributed by atoms with van der Waals surface area (Å²) in [6.07, 6.45) is 2.48. The number of unbranched alkanes of at least 4 members (excludes halogenated alkanes) is 1. The van der Waals surface area contributed by atoms with Gasteiger partial charge in [0.1, 0.15) is 10.5 Å². The first-order valence-electron chi connectivity index (χ1n) is 5.88. The predicted octanol–water partition coefficient (Wildman–Crippen LogP) is -2.07. The zero-order valence-electron chi connectivity index (χ0n) is 10.3. The molecule has 1 aromatic carbocycles. The molecule has 0 bridgehead atoms. The van der Waals surface area contributed by atoms with Gasteiger partial charge in [0, 0.05) is 15.6 Å². The van der Waals surface area contributed by atoms with Gasteiger partial charge in [-0.15, -0.1) is 0 Å². The van der Waals surface area contributed by atoms with Crippen LogP contribution in [0, 0.1) is 0 Å². The van der Waals surface area contributed by atoms with Crippen molar-refractivity contribution in [3.8, 4) is 0 Å². The Morgan fingerprint density at radius 2 is 1.93 bits per heavy atom. The number of rotatable bonds is 5. The highest BCUT2D eigenvalue weighted by atomic mass is 29.5. The van der Waals surface area contributed by atoms with E-state index >= 15 is 0 Å². The zero-order chi connectivity index (χ0) is 11.4. The van der Waals surface area contributed by atoms with Crippen LogP contribution in [0.2, 0.25) is 0 Å². The maximum absolute atomic E-state index is 4.92. The summed E-state index contributed by atoms with van der Waals surface area (Å²) in [5.41, 5.74) is 0. The van der Waals surface area contributed by atoms with Gasteiger partial charge in [-0.3, -0.25) is 0 Å². The monoisotopic (exact) mass is 272 g/mol. The van der Waals surface area contributed by atoms with Crippen LogP contribution in [-0.2, 0) is 4.43 Å². The van der Waals surface area contributed by atoms with Crippen LogP contribution >= 0.6 is 0 Å². The Bertz CT molecular complexity index is 214. The third-order valence-corrected chi connectivity index (χ3v) is 11.8. The molecule has 0 saturated heterocycles. The molecule has 0 aliphatic heterocycles. The summed E-state index contributed by atoms with van der Waals surface area (Å²) in [6, 6.07) is 11.0. The smallest absolute Gasteiger partial charge is 0.145 e. The van der Waals surface area contributed by atoms with E-state index in [1.807, 2.05) is 0 Å². The maximum atomic E-state index is 4.92. The van der Waals surface area contributed by atoms with Crippen LogP contribution in [0.15, 0.2) is 30.3 Å². The standard InChI is InChI=1S/C6H12Si3.C4H12OSi/c7-9-8-6-4-2-1-3-5-6;1-2-3-4-5-6/h1-5H,8-9H2,7H3;2-4H2,1,6H3. The van der Waals surface area contributed by atoms with Crippen LogP contribution in [0.4, 0.5) is 0 Å². The van der Waals surface area contributed by atoms with Crippen molar-refractivity contribution in [2.75, 3.05) is 6.61 Å². The lowest BCUT2D eigenvalue weighted by molar-refractivity contribution is 0.339. The van der Waals surface area contributed by atoms with Crippen LogP contribution in [-0.4, -0.2) is 44.4 Å². The van der Waals surface area contributed by atoms with Crippen LogP contribution in [0.1, 0.15) is 19.8 Å². The van der Waals surface area contributed by atoms with E-state index in [1.54, 1.807) is 5.19 Å². The second-order valence-electron chi connectivity index (χ2n) is 3.58. The van der Waals surface area contributed by atoms with Gasteiger partial charge in [0.15, 0.2) is 0 Å². The third kappa shape index (κ3) is 10.3. The average Bonchev–Trinajstić information content (AvgIpc) is 2.29. The van der Waals surface area contributed by atoms with Crippen molar-refractivity contribution in [2.45, 2.75) is 19.8 Å². The highest BCUT2D eigenvalue weighted by molar-refractivity contribution is 7.27. The summed E-state index contributed by atoms with van der Waals surface area (Å²) in [5, 5.41) is 1.68. The molecule has 0 heterocycles. The molecule has 5 heteroatoms. The molecule has 0 amide bonds. The minimum absolute atomic E-state index is 0.300. The van der Waals surface area contributed by atoms with Crippen molar-refractivity contribution in [2.24, 2.45) is 0 Å². The third-order valence-electron chi connectivity index (χ3n) is 2.08. The molecular weight excluding hydrogens is 248 g/mol. The molecule has 86 valence electrons. The highest BCUT2D eigenvalue weighted by Gasteiger charge is 1.86. The fourth-order valence-corrected chi connectivity index (χ4v) is 10.6. The molecule has 0 N–H and O–H groups in total. The van der Waals surface area contributed by atoms with Crippen molar-refractivity contribution in [3.63, 3.8) is 0 Å². The van der Waals surface area contributed by atoms with Gasteiger partial charge >= 0.3 is 0 Å². The molecule has 0 radical (unpaired) electrons. The Morgan fingerprint density at radius 1 is 1.27 bits per heavy atom. The van der Waals surface area contributed by atoms with Crippen LogP contribution in [0.25, 0.3) is 0 Å². The Labute approximate surface area is 104 Å². The first-order chi connectivity index (χ1) is 7.35. The van der Waals surface area contributed by atoms with Gasteiger partial charge < -0.3 is 4.43 Å².